The molecule has 5 N–H and O–H groups in total. The van der Waals surface area contributed by atoms with E-state index in [9.17, 15) is 44.7 Å². The van der Waals surface area contributed by atoms with Crippen molar-refractivity contribution in [2.24, 2.45) is 0 Å². The normalized spacial score (nSPS) is 23.4. The molecule has 0 aliphatic carbocycles. The van der Waals surface area contributed by atoms with Crippen LogP contribution in [0.3, 0.4) is 0 Å². The van der Waals surface area contributed by atoms with Gasteiger partial charge in [-0.25, -0.2) is 9.59 Å². The number of carbonyl (C=O) groups excluding carboxylic acids is 3. The number of hydrogen-bond donors (Lipinski definition) is 5. The summed E-state index contributed by atoms with van der Waals surface area (Å²) in [6.07, 6.45) is 12.9. The Hall–Kier alpha value is -5.64. The summed E-state index contributed by atoms with van der Waals surface area (Å²) >= 11 is 0. The van der Waals surface area contributed by atoms with E-state index in [0.29, 0.717) is 77.8 Å². The van der Waals surface area contributed by atoms with Crippen molar-refractivity contribution in [2.75, 3.05) is 19.6 Å². The fourth-order valence-electron chi connectivity index (χ4n) is 10.7. The van der Waals surface area contributed by atoms with Gasteiger partial charge in [0.2, 0.25) is 0 Å². The highest BCUT2D eigenvalue weighted by atomic mass is 16.6. The largest absolute Gasteiger partial charge is 0.508 e. The Balaban J connectivity index is 1.06. The third-order valence-corrected chi connectivity index (χ3v) is 15.4. The number of amides is 3. The lowest BCUT2D eigenvalue weighted by atomic mass is 9.84. The molecule has 5 aliphatic rings. The van der Waals surface area contributed by atoms with Gasteiger partial charge in [-0.15, -0.1) is 0 Å². The van der Waals surface area contributed by atoms with Gasteiger partial charge in [0.05, 0.1) is 42.5 Å². The predicted molar refractivity (Wildman–Crippen MR) is 273 cm³/mol. The average molecular weight is 996 g/mol. The van der Waals surface area contributed by atoms with Crippen molar-refractivity contribution in [1.82, 2.24) is 14.7 Å². The molecule has 5 aliphatic heterocycles. The summed E-state index contributed by atoms with van der Waals surface area (Å²) in [6, 6.07) is 1.59. The molecular formula is C57H77N3O12. The molecule has 2 aromatic carbocycles. The summed E-state index contributed by atoms with van der Waals surface area (Å²) in [5, 5.41) is 54.9. The molecule has 3 amide bonds. The number of carboxylic acids is 1. The first-order valence-electron chi connectivity index (χ1n) is 26.0. The van der Waals surface area contributed by atoms with Gasteiger partial charge in [-0.2, -0.15) is 0 Å². The number of phenols is 1. The van der Waals surface area contributed by atoms with Crippen LogP contribution in [0.15, 0.2) is 58.7 Å². The SMILES string of the molecule is CC(C)=CCC/C(C)=C/CC[C@@]1(C)Oc2c(c(O)cc3c2CN(CCC[C@@H](C(=O)O)N2Cc4c(cc(OC(=O)N5CCC(O)CC5)c5c4O[C@](C)(CC/C=C(\C)CCC=C(C)C)[C@@H](O)C5)C2=O)C3=O)C[C@@H]1O. The smallest absolute Gasteiger partial charge is 0.415 e. The summed E-state index contributed by atoms with van der Waals surface area (Å²) in [7, 11) is 0. The van der Waals surface area contributed by atoms with Gasteiger partial charge in [-0.05, 0) is 145 Å². The third-order valence-electron chi connectivity index (χ3n) is 15.4. The predicted octanol–water partition coefficient (Wildman–Crippen LogP) is 9.25. The zero-order chi connectivity index (χ0) is 52.2. The minimum atomic E-state index is -1.29. The molecule has 7 rings (SSSR count). The second kappa shape index (κ2) is 22.6. The summed E-state index contributed by atoms with van der Waals surface area (Å²) in [5.41, 5.74) is 5.30. The minimum Gasteiger partial charge on any atom is -0.508 e. The Kier molecular flexibility index (Phi) is 17.0. The number of likely N-dealkylation sites (tertiary alicyclic amines) is 1. The Morgan fingerprint density at radius 2 is 1.26 bits per heavy atom. The van der Waals surface area contributed by atoms with Crippen molar-refractivity contribution in [3.8, 4) is 23.0 Å². The van der Waals surface area contributed by atoms with Gasteiger partial charge in [0, 0.05) is 54.7 Å². The van der Waals surface area contributed by atoms with Gasteiger partial charge in [0.1, 0.15) is 40.2 Å². The second-order valence-corrected chi connectivity index (χ2v) is 21.8. The molecule has 1 saturated heterocycles. The zero-order valence-corrected chi connectivity index (χ0v) is 43.6. The lowest BCUT2D eigenvalue weighted by Crippen LogP contribution is -2.49. The summed E-state index contributed by atoms with van der Waals surface area (Å²) in [6.45, 7) is 16.9. The van der Waals surface area contributed by atoms with E-state index in [4.69, 9.17) is 14.2 Å². The van der Waals surface area contributed by atoms with Gasteiger partial charge in [0.25, 0.3) is 11.8 Å². The highest BCUT2D eigenvalue weighted by molar-refractivity contribution is 6.02. The molecule has 392 valence electrons. The number of rotatable bonds is 19. The quantitative estimate of drug-likeness (QED) is 0.0836. The van der Waals surface area contributed by atoms with E-state index in [2.05, 4.69) is 65.8 Å². The van der Waals surface area contributed by atoms with Crippen LogP contribution in [-0.2, 0) is 30.7 Å². The lowest BCUT2D eigenvalue weighted by molar-refractivity contribution is -0.142. The van der Waals surface area contributed by atoms with E-state index < -0.39 is 53.5 Å². The molecule has 0 radical (unpaired) electrons. The van der Waals surface area contributed by atoms with Crippen molar-refractivity contribution in [1.29, 1.82) is 0 Å². The van der Waals surface area contributed by atoms with Gasteiger partial charge in [-0.1, -0.05) is 46.6 Å². The topological polar surface area (TPSA) is 207 Å². The van der Waals surface area contributed by atoms with E-state index in [1.54, 1.807) is 4.90 Å². The van der Waals surface area contributed by atoms with Crippen LogP contribution in [0, 0.1) is 0 Å². The summed E-state index contributed by atoms with van der Waals surface area (Å²) in [5.74, 6) is -1.52. The molecule has 72 heavy (non-hydrogen) atoms. The van der Waals surface area contributed by atoms with E-state index in [-0.39, 0.29) is 81.4 Å². The number of phenolic OH excluding ortho intramolecular Hbond substituents is 1. The van der Waals surface area contributed by atoms with E-state index in [1.165, 1.54) is 44.2 Å². The van der Waals surface area contributed by atoms with E-state index in [1.807, 2.05) is 13.8 Å². The highest BCUT2D eigenvalue weighted by Gasteiger charge is 2.48. The van der Waals surface area contributed by atoms with Crippen LogP contribution in [0.1, 0.15) is 175 Å². The maximum atomic E-state index is 14.5. The number of aliphatic hydroxyl groups is 3. The maximum Gasteiger partial charge on any atom is 0.415 e. The number of ether oxygens (including phenoxy) is 3. The summed E-state index contributed by atoms with van der Waals surface area (Å²) in [4.78, 5) is 59.5. The number of allylic oxidation sites excluding steroid dienone is 8. The second-order valence-electron chi connectivity index (χ2n) is 21.8. The van der Waals surface area contributed by atoms with Crippen LogP contribution >= 0.6 is 0 Å². The molecular weight excluding hydrogens is 919 g/mol. The Morgan fingerprint density at radius 3 is 1.82 bits per heavy atom. The number of hydrogen-bond acceptors (Lipinski definition) is 11. The van der Waals surface area contributed by atoms with Crippen LogP contribution in [0.5, 0.6) is 23.0 Å². The standard InChI is InChI=1S/C57H77N3O12/c1-34(2)14-9-16-36(5)18-11-23-56(7)48(63)30-41-46(62)28-39-43(50(41)71-56)32-59(52(39)65)25-13-20-45(54(67)68)60-33-44-40(53(60)66)29-47(70-55(69)58-26-21-38(61)22-27-58)42-31-49(64)57(8,72-51(42)44)24-12-19-37(6)17-10-15-35(3)4/h14-15,18-19,28-29,38,45,48-49,61-64H,9-13,16-17,20-27,30-33H2,1-8H3,(H,67,68)/b36-18+,37-19+/t45-,48-,49-,56+,57+/m0/s1. The monoisotopic (exact) mass is 996 g/mol. The number of fused-ring (bicyclic) bond motifs is 6. The van der Waals surface area contributed by atoms with Crippen molar-refractivity contribution < 1.29 is 58.9 Å². The molecule has 0 unspecified atom stereocenters. The van der Waals surface area contributed by atoms with Gasteiger partial charge < -0.3 is 54.4 Å². The van der Waals surface area contributed by atoms with Crippen molar-refractivity contribution in [2.45, 2.75) is 194 Å². The molecule has 15 heteroatoms. The number of aromatic hydroxyl groups is 1. The zero-order valence-electron chi connectivity index (χ0n) is 43.6. The first kappa shape index (κ1) is 54.1. The molecule has 0 bridgehead atoms. The average Bonchev–Trinajstić information content (AvgIpc) is 3.80. The van der Waals surface area contributed by atoms with Crippen molar-refractivity contribution in [3.05, 3.63) is 92.1 Å². The number of aliphatic carboxylic acids is 1. The van der Waals surface area contributed by atoms with Gasteiger partial charge in [0.15, 0.2) is 0 Å². The van der Waals surface area contributed by atoms with E-state index in [0.717, 1.165) is 25.7 Å². The molecule has 15 nitrogen and oxygen atoms in total. The molecule has 5 atom stereocenters. The Morgan fingerprint density at radius 1 is 0.736 bits per heavy atom. The van der Waals surface area contributed by atoms with Crippen LogP contribution in [0.25, 0.3) is 0 Å². The van der Waals surface area contributed by atoms with Crippen molar-refractivity contribution in [3.63, 3.8) is 0 Å². The fourth-order valence-corrected chi connectivity index (χ4v) is 10.7. The molecule has 2 aromatic rings. The lowest BCUT2D eigenvalue weighted by Gasteiger charge is -2.41. The first-order chi connectivity index (χ1) is 34.1. The van der Waals surface area contributed by atoms with Crippen LogP contribution in [-0.4, -0.2) is 119 Å². The summed E-state index contributed by atoms with van der Waals surface area (Å²) < 4.78 is 19.3. The van der Waals surface area contributed by atoms with Gasteiger partial charge >= 0.3 is 12.1 Å². The number of piperidine rings is 1. The van der Waals surface area contributed by atoms with Crippen molar-refractivity contribution >= 4 is 23.9 Å². The first-order valence-corrected chi connectivity index (χ1v) is 26.0. The van der Waals surface area contributed by atoms with E-state index >= 15 is 0 Å². The number of benzene rings is 2. The molecule has 0 spiro atoms. The molecule has 5 heterocycles. The Bertz CT molecular complexity index is 2530. The third kappa shape index (κ3) is 12.1. The number of carboxylic acid groups (broad SMARTS) is 1. The van der Waals surface area contributed by atoms with Gasteiger partial charge in [-0.3, -0.25) is 9.59 Å². The molecule has 0 aromatic heterocycles. The number of aliphatic hydroxyl groups excluding tert-OH is 3. The highest BCUT2D eigenvalue weighted by Crippen LogP contribution is 2.49. The maximum absolute atomic E-state index is 14.5. The minimum absolute atomic E-state index is 0.00200. The Labute approximate surface area is 424 Å². The van der Waals surface area contributed by atoms with Crippen LogP contribution in [0.4, 0.5) is 4.79 Å². The van der Waals surface area contributed by atoms with Crippen LogP contribution < -0.4 is 14.2 Å². The molecule has 1 fully saturated rings. The number of carbonyl (C=O) groups is 4. The molecule has 0 saturated carbocycles. The fraction of sp³-hybridized carbons (Fsp3) is 0.579. The number of nitrogens with zero attached hydrogens (tertiary/aromatic N) is 3. The van der Waals surface area contributed by atoms with Crippen LogP contribution in [0.2, 0.25) is 0 Å².